The molecule has 2 nitrogen and oxygen atoms in total. The third-order valence-electron chi connectivity index (χ3n) is 2.95. The second kappa shape index (κ2) is 4.97. The van der Waals surface area contributed by atoms with Gasteiger partial charge in [0.15, 0.2) is 0 Å². The van der Waals surface area contributed by atoms with E-state index in [-0.39, 0.29) is 0 Å². The van der Waals surface area contributed by atoms with Crippen LogP contribution in [-0.4, -0.2) is 36.2 Å². The van der Waals surface area contributed by atoms with E-state index in [1.165, 1.54) is 19.4 Å². The molecule has 78 valence electrons. The van der Waals surface area contributed by atoms with Crippen LogP contribution in [0.5, 0.6) is 0 Å². The standard InChI is InChI=1S/C11H23NO/c1-5-13-11-6-7-12(9(2)3)10(4)8-11/h9-11H,5-8H2,1-4H3/t10-,11+/m0/s1. The van der Waals surface area contributed by atoms with Crippen molar-refractivity contribution >= 4 is 0 Å². The van der Waals surface area contributed by atoms with Gasteiger partial charge in [-0.3, -0.25) is 4.90 Å². The molecule has 0 radical (unpaired) electrons. The summed E-state index contributed by atoms with van der Waals surface area (Å²) < 4.78 is 5.65. The van der Waals surface area contributed by atoms with Gasteiger partial charge in [-0.05, 0) is 40.5 Å². The van der Waals surface area contributed by atoms with E-state index in [1.807, 2.05) is 0 Å². The second-order valence-corrected chi connectivity index (χ2v) is 4.28. The molecule has 0 aliphatic carbocycles. The monoisotopic (exact) mass is 185 g/mol. The molecular formula is C11H23NO. The lowest BCUT2D eigenvalue weighted by Crippen LogP contribution is -2.46. The Balaban J connectivity index is 2.37. The Morgan fingerprint density at radius 3 is 2.62 bits per heavy atom. The van der Waals surface area contributed by atoms with Crippen LogP contribution < -0.4 is 0 Å². The van der Waals surface area contributed by atoms with Crippen molar-refractivity contribution in [2.45, 2.75) is 58.7 Å². The highest BCUT2D eigenvalue weighted by Crippen LogP contribution is 2.21. The molecule has 0 spiro atoms. The van der Waals surface area contributed by atoms with E-state index in [0.29, 0.717) is 18.2 Å². The molecule has 0 unspecified atom stereocenters. The van der Waals surface area contributed by atoms with Crippen LogP contribution >= 0.6 is 0 Å². The van der Waals surface area contributed by atoms with Gasteiger partial charge in [-0.2, -0.15) is 0 Å². The lowest BCUT2D eigenvalue weighted by molar-refractivity contribution is -0.0150. The first kappa shape index (κ1) is 11.0. The van der Waals surface area contributed by atoms with E-state index in [0.717, 1.165) is 6.61 Å². The van der Waals surface area contributed by atoms with Gasteiger partial charge in [-0.15, -0.1) is 0 Å². The van der Waals surface area contributed by atoms with Crippen LogP contribution in [0.2, 0.25) is 0 Å². The molecule has 1 rings (SSSR count). The number of ether oxygens (including phenoxy) is 1. The fourth-order valence-electron chi connectivity index (χ4n) is 2.30. The van der Waals surface area contributed by atoms with Gasteiger partial charge in [0.2, 0.25) is 0 Å². The molecule has 0 aromatic carbocycles. The van der Waals surface area contributed by atoms with E-state index >= 15 is 0 Å². The van der Waals surface area contributed by atoms with Gasteiger partial charge in [0.25, 0.3) is 0 Å². The summed E-state index contributed by atoms with van der Waals surface area (Å²) in [5, 5.41) is 0. The zero-order valence-corrected chi connectivity index (χ0v) is 9.42. The lowest BCUT2D eigenvalue weighted by Gasteiger charge is -2.39. The fraction of sp³-hybridized carbons (Fsp3) is 1.00. The first-order valence-corrected chi connectivity index (χ1v) is 5.52. The molecule has 13 heavy (non-hydrogen) atoms. The van der Waals surface area contributed by atoms with Gasteiger partial charge in [-0.1, -0.05) is 0 Å². The molecule has 0 saturated carbocycles. The Hall–Kier alpha value is -0.0800. The van der Waals surface area contributed by atoms with Gasteiger partial charge in [0.05, 0.1) is 6.10 Å². The first-order chi connectivity index (χ1) is 6.15. The van der Waals surface area contributed by atoms with Crippen molar-refractivity contribution < 1.29 is 4.74 Å². The summed E-state index contributed by atoms with van der Waals surface area (Å²) in [5.41, 5.74) is 0. The SMILES string of the molecule is CCO[C@@H]1CCN(C(C)C)[C@@H](C)C1. The quantitative estimate of drug-likeness (QED) is 0.669. The summed E-state index contributed by atoms with van der Waals surface area (Å²) in [4.78, 5) is 2.56. The minimum absolute atomic E-state index is 0.509. The average Bonchev–Trinajstić information content (AvgIpc) is 2.04. The third-order valence-corrected chi connectivity index (χ3v) is 2.95. The number of nitrogens with zero attached hydrogens (tertiary/aromatic N) is 1. The zero-order chi connectivity index (χ0) is 9.84. The Labute approximate surface area is 82.3 Å². The number of hydrogen-bond acceptors (Lipinski definition) is 2. The average molecular weight is 185 g/mol. The molecule has 1 aliphatic rings. The molecule has 1 aliphatic heterocycles. The molecular weight excluding hydrogens is 162 g/mol. The molecule has 1 heterocycles. The van der Waals surface area contributed by atoms with Crippen LogP contribution in [0.15, 0.2) is 0 Å². The normalized spacial score (nSPS) is 31.2. The summed E-state index contributed by atoms with van der Waals surface area (Å²) in [6.45, 7) is 11.0. The van der Waals surface area contributed by atoms with Crippen LogP contribution in [-0.2, 0) is 4.74 Å². The Bertz CT molecular complexity index is 147. The van der Waals surface area contributed by atoms with Crippen LogP contribution in [0.3, 0.4) is 0 Å². The highest BCUT2D eigenvalue weighted by molar-refractivity contribution is 4.81. The summed E-state index contributed by atoms with van der Waals surface area (Å²) in [7, 11) is 0. The first-order valence-electron chi connectivity index (χ1n) is 5.52. The fourth-order valence-corrected chi connectivity index (χ4v) is 2.30. The van der Waals surface area contributed by atoms with Crippen LogP contribution in [0.25, 0.3) is 0 Å². The number of rotatable bonds is 3. The molecule has 0 amide bonds. The summed E-state index contributed by atoms with van der Waals surface area (Å²) in [5.74, 6) is 0. The number of hydrogen-bond donors (Lipinski definition) is 0. The maximum absolute atomic E-state index is 5.65. The van der Waals surface area contributed by atoms with E-state index < -0.39 is 0 Å². The van der Waals surface area contributed by atoms with Gasteiger partial charge in [-0.25, -0.2) is 0 Å². The summed E-state index contributed by atoms with van der Waals surface area (Å²) in [6, 6.07) is 1.36. The number of likely N-dealkylation sites (tertiary alicyclic amines) is 1. The summed E-state index contributed by atoms with van der Waals surface area (Å²) in [6.07, 6.45) is 2.91. The van der Waals surface area contributed by atoms with Gasteiger partial charge in [0, 0.05) is 25.2 Å². The molecule has 0 aromatic rings. The van der Waals surface area contributed by atoms with Crippen LogP contribution in [0.4, 0.5) is 0 Å². The van der Waals surface area contributed by atoms with E-state index in [1.54, 1.807) is 0 Å². The molecule has 1 saturated heterocycles. The Morgan fingerprint density at radius 2 is 2.15 bits per heavy atom. The number of piperidine rings is 1. The van der Waals surface area contributed by atoms with Gasteiger partial charge in [0.1, 0.15) is 0 Å². The van der Waals surface area contributed by atoms with E-state index in [2.05, 4.69) is 32.6 Å². The van der Waals surface area contributed by atoms with Gasteiger partial charge >= 0.3 is 0 Å². The maximum atomic E-state index is 5.65. The van der Waals surface area contributed by atoms with Crippen LogP contribution in [0.1, 0.15) is 40.5 Å². The van der Waals surface area contributed by atoms with Crippen molar-refractivity contribution in [3.63, 3.8) is 0 Å². The van der Waals surface area contributed by atoms with Crippen molar-refractivity contribution in [2.75, 3.05) is 13.2 Å². The maximum Gasteiger partial charge on any atom is 0.0602 e. The van der Waals surface area contributed by atoms with Crippen molar-refractivity contribution in [1.29, 1.82) is 0 Å². The lowest BCUT2D eigenvalue weighted by atomic mass is 9.99. The largest absolute Gasteiger partial charge is 0.378 e. The zero-order valence-electron chi connectivity index (χ0n) is 9.42. The molecule has 2 atom stereocenters. The Morgan fingerprint density at radius 1 is 1.46 bits per heavy atom. The smallest absolute Gasteiger partial charge is 0.0602 e. The Kier molecular flexibility index (Phi) is 4.20. The predicted molar refractivity (Wildman–Crippen MR) is 56.0 cm³/mol. The van der Waals surface area contributed by atoms with Crippen molar-refractivity contribution in [2.24, 2.45) is 0 Å². The van der Waals surface area contributed by atoms with E-state index in [4.69, 9.17) is 4.74 Å². The highest BCUT2D eigenvalue weighted by Gasteiger charge is 2.26. The summed E-state index contributed by atoms with van der Waals surface area (Å²) >= 11 is 0. The van der Waals surface area contributed by atoms with Crippen LogP contribution in [0, 0.1) is 0 Å². The highest BCUT2D eigenvalue weighted by atomic mass is 16.5. The molecule has 2 heteroatoms. The minimum atomic E-state index is 0.509. The molecule has 0 aromatic heterocycles. The van der Waals surface area contributed by atoms with Crippen molar-refractivity contribution in [3.05, 3.63) is 0 Å². The third kappa shape index (κ3) is 2.96. The molecule has 1 fully saturated rings. The second-order valence-electron chi connectivity index (χ2n) is 4.28. The van der Waals surface area contributed by atoms with E-state index in [9.17, 15) is 0 Å². The van der Waals surface area contributed by atoms with Crippen molar-refractivity contribution in [3.8, 4) is 0 Å². The topological polar surface area (TPSA) is 12.5 Å². The van der Waals surface area contributed by atoms with Gasteiger partial charge < -0.3 is 4.74 Å². The minimum Gasteiger partial charge on any atom is -0.378 e. The molecule has 0 bridgehead atoms. The predicted octanol–water partition coefficient (Wildman–Crippen LogP) is 2.28. The van der Waals surface area contributed by atoms with Crippen molar-refractivity contribution in [1.82, 2.24) is 4.90 Å². The molecule has 0 N–H and O–H groups in total.